The SMILES string of the molecule is COc1cc(C=Nc2ccc(C)cc2)ccc1O[C@@H](C)C(=O)O. The van der Waals surface area contributed by atoms with Crippen LogP contribution in [0.3, 0.4) is 0 Å². The van der Waals surface area contributed by atoms with E-state index in [0.29, 0.717) is 11.5 Å². The Labute approximate surface area is 135 Å². The Kier molecular flexibility index (Phi) is 5.36. The van der Waals surface area contributed by atoms with Crippen molar-refractivity contribution in [3.05, 3.63) is 53.6 Å². The Bertz CT molecular complexity index is 707. The molecule has 23 heavy (non-hydrogen) atoms. The lowest BCUT2D eigenvalue weighted by Gasteiger charge is -2.14. The van der Waals surface area contributed by atoms with Gasteiger partial charge < -0.3 is 14.6 Å². The maximum absolute atomic E-state index is 10.9. The number of carboxylic acid groups (broad SMARTS) is 1. The number of rotatable bonds is 6. The first-order valence-electron chi connectivity index (χ1n) is 7.18. The van der Waals surface area contributed by atoms with Gasteiger partial charge in [-0.3, -0.25) is 4.99 Å². The molecule has 0 bridgehead atoms. The lowest BCUT2D eigenvalue weighted by molar-refractivity contribution is -0.144. The fourth-order valence-electron chi connectivity index (χ4n) is 1.88. The van der Waals surface area contributed by atoms with Gasteiger partial charge in [0.2, 0.25) is 0 Å². The van der Waals surface area contributed by atoms with Crippen LogP contribution in [0.15, 0.2) is 47.5 Å². The highest BCUT2D eigenvalue weighted by Gasteiger charge is 2.15. The summed E-state index contributed by atoms with van der Waals surface area (Å²) in [4.78, 5) is 15.3. The summed E-state index contributed by atoms with van der Waals surface area (Å²) < 4.78 is 10.6. The van der Waals surface area contributed by atoms with Gasteiger partial charge in [-0.2, -0.15) is 0 Å². The molecular formula is C18H19NO4. The zero-order valence-electron chi connectivity index (χ0n) is 13.3. The molecule has 0 saturated carbocycles. The van der Waals surface area contributed by atoms with Crippen LogP contribution in [0.5, 0.6) is 11.5 Å². The van der Waals surface area contributed by atoms with Gasteiger partial charge in [-0.05, 0) is 49.7 Å². The van der Waals surface area contributed by atoms with Crippen molar-refractivity contribution < 1.29 is 19.4 Å². The summed E-state index contributed by atoms with van der Waals surface area (Å²) >= 11 is 0. The van der Waals surface area contributed by atoms with Crippen molar-refractivity contribution >= 4 is 17.9 Å². The van der Waals surface area contributed by atoms with Crippen molar-refractivity contribution in [2.75, 3.05) is 7.11 Å². The van der Waals surface area contributed by atoms with Gasteiger partial charge in [0, 0.05) is 6.21 Å². The van der Waals surface area contributed by atoms with Crippen LogP contribution in [0.25, 0.3) is 0 Å². The lowest BCUT2D eigenvalue weighted by atomic mass is 10.2. The molecule has 0 saturated heterocycles. The van der Waals surface area contributed by atoms with E-state index in [4.69, 9.17) is 14.6 Å². The van der Waals surface area contributed by atoms with E-state index in [9.17, 15) is 4.79 Å². The van der Waals surface area contributed by atoms with Crippen molar-refractivity contribution in [3.63, 3.8) is 0 Å². The largest absolute Gasteiger partial charge is 0.493 e. The predicted octanol–water partition coefficient (Wildman–Crippen LogP) is 3.61. The average Bonchev–Trinajstić information content (AvgIpc) is 2.55. The third-order valence-electron chi connectivity index (χ3n) is 3.24. The fraction of sp³-hybridized carbons (Fsp3) is 0.222. The summed E-state index contributed by atoms with van der Waals surface area (Å²) in [6.45, 7) is 3.49. The standard InChI is InChI=1S/C18H19NO4/c1-12-4-7-15(8-5-12)19-11-14-6-9-16(17(10-14)22-3)23-13(2)18(20)21/h4-11,13H,1-3H3,(H,20,21)/t13-/m0/s1. The van der Waals surface area contributed by atoms with Crippen molar-refractivity contribution in [1.29, 1.82) is 0 Å². The number of aryl methyl sites for hydroxylation is 1. The van der Waals surface area contributed by atoms with Crippen LogP contribution in [0.2, 0.25) is 0 Å². The van der Waals surface area contributed by atoms with Crippen LogP contribution in [0, 0.1) is 6.92 Å². The van der Waals surface area contributed by atoms with E-state index in [1.165, 1.54) is 19.6 Å². The minimum atomic E-state index is -1.03. The van der Waals surface area contributed by atoms with Gasteiger partial charge in [0.25, 0.3) is 0 Å². The van der Waals surface area contributed by atoms with E-state index < -0.39 is 12.1 Å². The number of aliphatic carboxylic acids is 1. The Morgan fingerprint density at radius 3 is 2.48 bits per heavy atom. The van der Waals surface area contributed by atoms with Gasteiger partial charge in [0.15, 0.2) is 17.6 Å². The van der Waals surface area contributed by atoms with Crippen molar-refractivity contribution in [2.45, 2.75) is 20.0 Å². The van der Waals surface area contributed by atoms with Gasteiger partial charge >= 0.3 is 5.97 Å². The van der Waals surface area contributed by atoms with Crippen molar-refractivity contribution in [1.82, 2.24) is 0 Å². The molecule has 0 aliphatic carbocycles. The van der Waals surface area contributed by atoms with Gasteiger partial charge in [-0.25, -0.2) is 4.79 Å². The molecule has 0 aliphatic rings. The van der Waals surface area contributed by atoms with Crippen molar-refractivity contribution in [2.24, 2.45) is 4.99 Å². The molecule has 0 amide bonds. The highest BCUT2D eigenvalue weighted by molar-refractivity contribution is 5.83. The highest BCUT2D eigenvalue weighted by Crippen LogP contribution is 2.28. The molecule has 1 N–H and O–H groups in total. The number of carboxylic acids is 1. The maximum atomic E-state index is 10.9. The van der Waals surface area contributed by atoms with E-state index >= 15 is 0 Å². The highest BCUT2D eigenvalue weighted by atomic mass is 16.5. The van der Waals surface area contributed by atoms with Crippen LogP contribution in [-0.2, 0) is 4.79 Å². The van der Waals surface area contributed by atoms with Crippen LogP contribution < -0.4 is 9.47 Å². The topological polar surface area (TPSA) is 68.1 Å². The molecule has 2 aromatic carbocycles. The molecule has 5 nitrogen and oxygen atoms in total. The number of aliphatic imine (C=N–C) groups is 1. The van der Waals surface area contributed by atoms with Crippen LogP contribution in [-0.4, -0.2) is 30.5 Å². The zero-order valence-corrected chi connectivity index (χ0v) is 13.3. The molecule has 0 spiro atoms. The molecule has 0 fully saturated rings. The summed E-state index contributed by atoms with van der Waals surface area (Å²) in [6, 6.07) is 13.1. The average molecular weight is 313 g/mol. The molecule has 0 unspecified atom stereocenters. The van der Waals surface area contributed by atoms with Gasteiger partial charge in [-0.15, -0.1) is 0 Å². The summed E-state index contributed by atoms with van der Waals surface area (Å²) in [7, 11) is 1.51. The normalized spacial score (nSPS) is 12.1. The summed E-state index contributed by atoms with van der Waals surface area (Å²) in [5, 5.41) is 8.90. The Morgan fingerprint density at radius 2 is 1.87 bits per heavy atom. The monoisotopic (exact) mass is 313 g/mol. The smallest absolute Gasteiger partial charge is 0.344 e. The second-order valence-corrected chi connectivity index (χ2v) is 5.10. The van der Waals surface area contributed by atoms with Gasteiger partial charge in [0.05, 0.1) is 12.8 Å². The maximum Gasteiger partial charge on any atom is 0.344 e. The number of hydrogen-bond donors (Lipinski definition) is 1. The molecule has 1 atom stereocenters. The number of carbonyl (C=O) groups is 1. The second kappa shape index (κ2) is 7.45. The van der Waals surface area contributed by atoms with E-state index in [2.05, 4.69) is 4.99 Å². The molecule has 120 valence electrons. The second-order valence-electron chi connectivity index (χ2n) is 5.10. The first-order chi connectivity index (χ1) is 11.0. The fourth-order valence-corrected chi connectivity index (χ4v) is 1.88. The predicted molar refractivity (Wildman–Crippen MR) is 89.2 cm³/mol. The summed E-state index contributed by atoms with van der Waals surface area (Å²) in [5.74, 6) is -0.182. The van der Waals surface area contributed by atoms with Gasteiger partial charge in [0.1, 0.15) is 0 Å². The van der Waals surface area contributed by atoms with E-state index in [1.807, 2.05) is 31.2 Å². The van der Waals surface area contributed by atoms with E-state index in [-0.39, 0.29) is 0 Å². The number of nitrogens with zero attached hydrogens (tertiary/aromatic N) is 1. The third kappa shape index (κ3) is 4.57. The molecule has 0 radical (unpaired) electrons. The van der Waals surface area contributed by atoms with Crippen LogP contribution in [0.4, 0.5) is 5.69 Å². The lowest BCUT2D eigenvalue weighted by Crippen LogP contribution is -2.23. The number of hydrogen-bond acceptors (Lipinski definition) is 4. The van der Waals surface area contributed by atoms with Gasteiger partial charge in [-0.1, -0.05) is 17.7 Å². The zero-order chi connectivity index (χ0) is 16.8. The molecule has 0 heterocycles. The van der Waals surface area contributed by atoms with Crippen LogP contribution in [0.1, 0.15) is 18.1 Å². The molecule has 0 aromatic heterocycles. The molecule has 2 aromatic rings. The van der Waals surface area contributed by atoms with E-state index in [1.54, 1.807) is 24.4 Å². The molecular weight excluding hydrogens is 294 g/mol. The Morgan fingerprint density at radius 1 is 1.17 bits per heavy atom. The van der Waals surface area contributed by atoms with Crippen molar-refractivity contribution in [3.8, 4) is 11.5 Å². The number of ether oxygens (including phenoxy) is 2. The minimum absolute atomic E-state index is 0.384. The minimum Gasteiger partial charge on any atom is -0.493 e. The summed E-state index contributed by atoms with van der Waals surface area (Å²) in [6.07, 6.45) is 0.772. The Balaban J connectivity index is 2.18. The molecule has 5 heteroatoms. The number of benzene rings is 2. The summed E-state index contributed by atoms with van der Waals surface area (Å²) in [5.41, 5.74) is 2.87. The molecule has 2 rings (SSSR count). The quantitative estimate of drug-likeness (QED) is 0.827. The first-order valence-corrected chi connectivity index (χ1v) is 7.18. The van der Waals surface area contributed by atoms with E-state index in [0.717, 1.165) is 11.3 Å². The molecule has 0 aliphatic heterocycles. The third-order valence-corrected chi connectivity index (χ3v) is 3.24. The van der Waals surface area contributed by atoms with Crippen LogP contribution >= 0.6 is 0 Å². The first kappa shape index (κ1) is 16.5. The Hall–Kier alpha value is -2.82. The number of methoxy groups -OCH3 is 1.